The molecule has 0 spiro atoms. The first-order chi connectivity index (χ1) is 24.6. The lowest BCUT2D eigenvalue weighted by Crippen LogP contribution is -2.58. The van der Waals surface area contributed by atoms with E-state index in [1.54, 1.807) is 27.9 Å². The summed E-state index contributed by atoms with van der Waals surface area (Å²) in [5.41, 5.74) is -0.489. The van der Waals surface area contributed by atoms with Crippen LogP contribution in [0.4, 0.5) is 9.59 Å². The monoisotopic (exact) mass is 743 g/mol. The Hall–Kier alpha value is -4.34. The van der Waals surface area contributed by atoms with E-state index in [0.717, 1.165) is 24.0 Å². The van der Waals surface area contributed by atoms with Gasteiger partial charge in [0.15, 0.2) is 0 Å². The SMILES string of the molecule is COc1ccc2c(c1)CN(C(=O)O[C@@H]1CC3C(=O)N[C@]4(C(=O)NS(=O)(=O)C5CC5)C[C@H]4C=CCCCCC[C@H](NC(=O)OC(C)(C)C)C(=O)N3C1)C2. The zero-order valence-electron chi connectivity index (χ0n) is 30.1. The van der Waals surface area contributed by atoms with Crippen molar-refractivity contribution in [1.29, 1.82) is 0 Å². The van der Waals surface area contributed by atoms with E-state index in [1.165, 1.54) is 9.80 Å². The predicted molar refractivity (Wildman–Crippen MR) is 187 cm³/mol. The van der Waals surface area contributed by atoms with Crippen LogP contribution in [0.1, 0.15) is 89.7 Å². The van der Waals surface area contributed by atoms with Crippen LogP contribution in [-0.2, 0) is 47.0 Å². The first-order valence-corrected chi connectivity index (χ1v) is 19.6. The summed E-state index contributed by atoms with van der Waals surface area (Å²) in [5.74, 6) is -1.85. The van der Waals surface area contributed by atoms with E-state index in [0.29, 0.717) is 44.5 Å². The van der Waals surface area contributed by atoms with Gasteiger partial charge in [-0.25, -0.2) is 18.0 Å². The Morgan fingerprint density at radius 1 is 1.02 bits per heavy atom. The van der Waals surface area contributed by atoms with Crippen molar-refractivity contribution in [2.24, 2.45) is 5.92 Å². The number of carbonyl (C=O) groups excluding carboxylic acids is 5. The average Bonchev–Trinajstić information content (AvgIpc) is 3.96. The van der Waals surface area contributed by atoms with E-state index < -0.39 is 80.4 Å². The number of carbonyl (C=O) groups is 5. The fourth-order valence-corrected chi connectivity index (χ4v) is 8.51. The number of alkyl carbamates (subject to hydrolysis) is 1. The van der Waals surface area contributed by atoms with Gasteiger partial charge in [-0.15, -0.1) is 0 Å². The molecule has 15 nitrogen and oxygen atoms in total. The molecule has 5 aliphatic rings. The van der Waals surface area contributed by atoms with Gasteiger partial charge in [0.05, 0.1) is 18.9 Å². The quantitative estimate of drug-likeness (QED) is 0.366. The normalized spacial score (nSPS) is 27.9. The lowest BCUT2D eigenvalue weighted by molar-refractivity contribution is -0.141. The van der Waals surface area contributed by atoms with E-state index in [-0.39, 0.29) is 25.8 Å². The van der Waals surface area contributed by atoms with E-state index in [2.05, 4.69) is 15.4 Å². The Kier molecular flexibility index (Phi) is 10.5. The molecule has 284 valence electrons. The number of nitrogens with zero attached hydrogens (tertiary/aromatic N) is 2. The summed E-state index contributed by atoms with van der Waals surface area (Å²) in [6.07, 6.45) is 5.56. The molecule has 0 bridgehead atoms. The zero-order valence-corrected chi connectivity index (χ0v) is 31.0. The highest BCUT2D eigenvalue weighted by molar-refractivity contribution is 7.91. The molecular formula is C36H49N5O10S. The second-order valence-corrected chi connectivity index (χ2v) is 17.4. The molecule has 5 atom stereocenters. The van der Waals surface area contributed by atoms with Crippen LogP contribution in [0.3, 0.4) is 0 Å². The van der Waals surface area contributed by atoms with Crippen molar-refractivity contribution in [1.82, 2.24) is 25.2 Å². The van der Waals surface area contributed by atoms with Crippen LogP contribution < -0.4 is 20.1 Å². The Bertz CT molecular complexity index is 1740. The molecule has 1 unspecified atom stereocenters. The third kappa shape index (κ3) is 8.48. The number of nitrogens with one attached hydrogen (secondary N) is 3. The molecule has 52 heavy (non-hydrogen) atoms. The van der Waals surface area contributed by atoms with E-state index in [9.17, 15) is 32.4 Å². The molecule has 3 heterocycles. The molecule has 3 aliphatic heterocycles. The van der Waals surface area contributed by atoms with Crippen molar-refractivity contribution in [3.8, 4) is 5.75 Å². The molecule has 1 aromatic rings. The highest BCUT2D eigenvalue weighted by Gasteiger charge is 2.62. The molecule has 16 heteroatoms. The van der Waals surface area contributed by atoms with E-state index in [1.807, 2.05) is 30.4 Å². The van der Waals surface area contributed by atoms with Crippen molar-refractivity contribution in [2.75, 3.05) is 13.7 Å². The molecule has 3 N–H and O–H groups in total. The summed E-state index contributed by atoms with van der Waals surface area (Å²) in [4.78, 5) is 71.3. The molecule has 2 saturated carbocycles. The van der Waals surface area contributed by atoms with Crippen molar-refractivity contribution >= 4 is 39.9 Å². The highest BCUT2D eigenvalue weighted by Crippen LogP contribution is 2.46. The van der Waals surface area contributed by atoms with Gasteiger partial charge in [-0.2, -0.15) is 0 Å². The summed E-state index contributed by atoms with van der Waals surface area (Å²) in [6, 6.07) is 3.33. The van der Waals surface area contributed by atoms with Gasteiger partial charge in [0.25, 0.3) is 5.91 Å². The van der Waals surface area contributed by atoms with Crippen molar-refractivity contribution in [2.45, 2.75) is 126 Å². The van der Waals surface area contributed by atoms with Gasteiger partial charge in [-0.05, 0) is 82.6 Å². The van der Waals surface area contributed by atoms with Gasteiger partial charge < -0.3 is 29.7 Å². The Labute approximate surface area is 304 Å². The summed E-state index contributed by atoms with van der Waals surface area (Å²) in [7, 11) is -2.34. The number of methoxy groups -OCH3 is 1. The summed E-state index contributed by atoms with van der Waals surface area (Å²) >= 11 is 0. The van der Waals surface area contributed by atoms with Gasteiger partial charge in [-0.1, -0.05) is 31.1 Å². The number of ether oxygens (including phenoxy) is 3. The lowest BCUT2D eigenvalue weighted by atomic mass is 10.0. The minimum Gasteiger partial charge on any atom is -0.497 e. The second-order valence-electron chi connectivity index (χ2n) is 15.5. The first kappa shape index (κ1) is 37.4. The fraction of sp³-hybridized carbons (Fsp3) is 0.639. The van der Waals surface area contributed by atoms with Gasteiger partial charge in [0, 0.05) is 25.4 Å². The van der Waals surface area contributed by atoms with Crippen LogP contribution in [-0.4, -0.2) is 96.4 Å². The van der Waals surface area contributed by atoms with E-state index in [4.69, 9.17) is 14.2 Å². The predicted octanol–water partition coefficient (Wildman–Crippen LogP) is 3.01. The number of hydrogen-bond acceptors (Lipinski definition) is 10. The molecule has 0 aromatic heterocycles. The number of sulfonamides is 1. The molecule has 1 aromatic carbocycles. The van der Waals surface area contributed by atoms with Crippen LogP contribution >= 0.6 is 0 Å². The van der Waals surface area contributed by atoms with Crippen LogP contribution in [0.15, 0.2) is 30.4 Å². The fourth-order valence-electron chi connectivity index (χ4n) is 7.14. The van der Waals surface area contributed by atoms with E-state index >= 15 is 0 Å². The number of amides is 5. The van der Waals surface area contributed by atoms with Gasteiger partial charge in [-0.3, -0.25) is 24.0 Å². The lowest BCUT2D eigenvalue weighted by Gasteiger charge is -2.30. The third-order valence-electron chi connectivity index (χ3n) is 10.2. The average molecular weight is 744 g/mol. The van der Waals surface area contributed by atoms with Crippen molar-refractivity contribution < 1.29 is 46.6 Å². The standard InChI is InChI=1S/C36H49N5O10S/c1-35(2,3)51-33(45)37-28-11-9-7-5-6-8-10-24-18-36(24,32(44)39-52(47,48)27-14-15-27)38-30(42)29-17-26(21-41(29)31(28)43)50-34(46)40-19-22-12-13-25(49-4)16-23(22)20-40/h8,10,12-13,16,24,26-29H,5-7,9,11,14-15,17-21H2,1-4H3,(H,37,45)(H,38,42)(H,39,44)/t24-,26-,28+,29?,36-/m1/s1. The smallest absolute Gasteiger partial charge is 0.410 e. The Morgan fingerprint density at radius 2 is 1.77 bits per heavy atom. The zero-order chi connectivity index (χ0) is 37.4. The largest absolute Gasteiger partial charge is 0.497 e. The van der Waals surface area contributed by atoms with Crippen LogP contribution in [0.2, 0.25) is 0 Å². The third-order valence-corrected chi connectivity index (χ3v) is 12.0. The molecule has 5 amide bonds. The Balaban J connectivity index is 1.24. The number of benzene rings is 1. The molecule has 3 fully saturated rings. The number of allylic oxidation sites excluding steroid dienone is 1. The van der Waals surface area contributed by atoms with Crippen LogP contribution in [0, 0.1) is 5.92 Å². The molecule has 6 rings (SSSR count). The molecule has 0 radical (unpaired) electrons. The summed E-state index contributed by atoms with van der Waals surface area (Å²) in [5, 5.41) is 4.87. The molecular weight excluding hydrogens is 694 g/mol. The number of rotatable bonds is 6. The molecule has 2 aliphatic carbocycles. The maximum absolute atomic E-state index is 14.3. The highest BCUT2D eigenvalue weighted by atomic mass is 32.2. The summed E-state index contributed by atoms with van der Waals surface area (Å²) in [6.45, 7) is 5.60. The topological polar surface area (TPSA) is 190 Å². The maximum atomic E-state index is 14.3. The van der Waals surface area contributed by atoms with Crippen molar-refractivity contribution in [3.63, 3.8) is 0 Å². The first-order valence-electron chi connectivity index (χ1n) is 18.0. The number of hydrogen-bond donors (Lipinski definition) is 3. The maximum Gasteiger partial charge on any atom is 0.410 e. The van der Waals surface area contributed by atoms with Crippen LogP contribution in [0.25, 0.3) is 0 Å². The summed E-state index contributed by atoms with van der Waals surface area (Å²) < 4.78 is 44.4. The second kappa shape index (κ2) is 14.6. The minimum atomic E-state index is -3.90. The Morgan fingerprint density at radius 3 is 2.48 bits per heavy atom. The minimum absolute atomic E-state index is 0.0738. The van der Waals surface area contributed by atoms with Gasteiger partial charge >= 0.3 is 12.2 Å². The number of fused-ring (bicyclic) bond motifs is 3. The van der Waals surface area contributed by atoms with Crippen molar-refractivity contribution in [3.05, 3.63) is 41.5 Å². The van der Waals surface area contributed by atoms with Gasteiger partial charge in [0.2, 0.25) is 21.8 Å². The van der Waals surface area contributed by atoms with Crippen LogP contribution in [0.5, 0.6) is 5.75 Å². The van der Waals surface area contributed by atoms with Gasteiger partial charge in [0.1, 0.15) is 35.1 Å². The molecule has 1 saturated heterocycles.